The van der Waals surface area contributed by atoms with E-state index >= 15 is 0 Å². The van der Waals surface area contributed by atoms with Crippen LogP contribution in [-0.2, 0) is 6.42 Å². The number of aromatic nitrogens is 1. The molecule has 4 heteroatoms. The summed E-state index contributed by atoms with van der Waals surface area (Å²) in [5.74, 6) is 0.893. The Kier molecular flexibility index (Phi) is 2.49. The van der Waals surface area contributed by atoms with Crippen LogP contribution >= 0.6 is 0 Å². The van der Waals surface area contributed by atoms with Crippen LogP contribution in [0.25, 0.3) is 0 Å². The molecule has 1 aliphatic rings. The van der Waals surface area contributed by atoms with Crippen molar-refractivity contribution in [2.24, 2.45) is 0 Å². The van der Waals surface area contributed by atoms with Crippen LogP contribution in [0.4, 0.5) is 6.01 Å². The van der Waals surface area contributed by atoms with Gasteiger partial charge in [0, 0.05) is 13.0 Å². The fourth-order valence-electron chi connectivity index (χ4n) is 1.71. The smallest absolute Gasteiger partial charge is 0.292 e. The third-order valence-electron chi connectivity index (χ3n) is 2.44. The summed E-state index contributed by atoms with van der Waals surface area (Å²) in [6.07, 6.45) is 5.30. The lowest BCUT2D eigenvalue weighted by Gasteiger charge is -2.12. The summed E-state index contributed by atoms with van der Waals surface area (Å²) in [4.78, 5) is 6.30. The molecule has 72 valence electrons. The van der Waals surface area contributed by atoms with Gasteiger partial charge in [0.25, 0.3) is 6.01 Å². The molecule has 1 aromatic heterocycles. The molecule has 0 spiro atoms. The zero-order chi connectivity index (χ0) is 9.10. The molecule has 4 nitrogen and oxygen atoms in total. The molecule has 0 atom stereocenters. The van der Waals surface area contributed by atoms with E-state index in [9.17, 15) is 0 Å². The highest BCUT2D eigenvalue weighted by Gasteiger charge is 2.11. The SMILES string of the molecule is Nc1ncc(CCN2CCCC2)o1. The first-order valence-corrected chi connectivity index (χ1v) is 4.77. The van der Waals surface area contributed by atoms with Crippen molar-refractivity contribution in [3.05, 3.63) is 12.0 Å². The lowest BCUT2D eigenvalue weighted by molar-refractivity contribution is 0.332. The van der Waals surface area contributed by atoms with Crippen LogP contribution in [0.5, 0.6) is 0 Å². The normalized spacial score (nSPS) is 18.2. The minimum Gasteiger partial charge on any atom is -0.429 e. The second-order valence-electron chi connectivity index (χ2n) is 3.46. The average Bonchev–Trinajstić information content (AvgIpc) is 2.71. The first kappa shape index (κ1) is 8.56. The van der Waals surface area contributed by atoms with Crippen molar-refractivity contribution in [2.45, 2.75) is 19.3 Å². The van der Waals surface area contributed by atoms with Gasteiger partial charge >= 0.3 is 0 Å². The number of nitrogens with two attached hydrogens (primary N) is 1. The number of hydrogen-bond acceptors (Lipinski definition) is 4. The predicted molar refractivity (Wildman–Crippen MR) is 50.3 cm³/mol. The summed E-state index contributed by atoms with van der Waals surface area (Å²) < 4.78 is 5.18. The van der Waals surface area contributed by atoms with Crippen molar-refractivity contribution in [2.75, 3.05) is 25.4 Å². The first-order valence-electron chi connectivity index (χ1n) is 4.77. The van der Waals surface area contributed by atoms with Crippen LogP contribution in [-0.4, -0.2) is 29.5 Å². The molecule has 1 aromatic rings. The topological polar surface area (TPSA) is 55.3 Å². The van der Waals surface area contributed by atoms with E-state index in [4.69, 9.17) is 10.2 Å². The van der Waals surface area contributed by atoms with Crippen LogP contribution in [0, 0.1) is 0 Å². The fraction of sp³-hybridized carbons (Fsp3) is 0.667. The molecule has 1 saturated heterocycles. The monoisotopic (exact) mass is 181 g/mol. The van der Waals surface area contributed by atoms with Crippen molar-refractivity contribution < 1.29 is 4.42 Å². The highest BCUT2D eigenvalue weighted by molar-refractivity contribution is 5.11. The van der Waals surface area contributed by atoms with E-state index in [1.807, 2.05) is 0 Å². The van der Waals surface area contributed by atoms with E-state index in [2.05, 4.69) is 9.88 Å². The average molecular weight is 181 g/mol. The van der Waals surface area contributed by atoms with Crippen LogP contribution < -0.4 is 5.73 Å². The molecule has 2 rings (SSSR count). The molecule has 0 amide bonds. The van der Waals surface area contributed by atoms with Gasteiger partial charge in [-0.15, -0.1) is 0 Å². The second-order valence-corrected chi connectivity index (χ2v) is 3.46. The van der Waals surface area contributed by atoms with E-state index in [0.717, 1.165) is 18.7 Å². The number of rotatable bonds is 3. The Hall–Kier alpha value is -1.03. The van der Waals surface area contributed by atoms with Crippen LogP contribution in [0.2, 0.25) is 0 Å². The Bertz CT molecular complexity index is 266. The summed E-state index contributed by atoms with van der Waals surface area (Å²) in [6.45, 7) is 3.52. The third-order valence-corrected chi connectivity index (χ3v) is 2.44. The van der Waals surface area contributed by atoms with Crippen LogP contribution in [0.15, 0.2) is 10.6 Å². The lowest BCUT2D eigenvalue weighted by atomic mass is 10.3. The highest BCUT2D eigenvalue weighted by Crippen LogP contribution is 2.10. The van der Waals surface area contributed by atoms with E-state index < -0.39 is 0 Å². The Morgan fingerprint density at radius 1 is 1.46 bits per heavy atom. The number of hydrogen-bond donors (Lipinski definition) is 1. The van der Waals surface area contributed by atoms with Gasteiger partial charge in [0.05, 0.1) is 6.20 Å². The van der Waals surface area contributed by atoms with Crippen molar-refractivity contribution in [1.29, 1.82) is 0 Å². The van der Waals surface area contributed by atoms with Gasteiger partial charge in [0.1, 0.15) is 5.76 Å². The summed E-state index contributed by atoms with van der Waals surface area (Å²) in [7, 11) is 0. The van der Waals surface area contributed by atoms with Crippen LogP contribution in [0.3, 0.4) is 0 Å². The molecular weight excluding hydrogens is 166 g/mol. The van der Waals surface area contributed by atoms with E-state index in [-0.39, 0.29) is 6.01 Å². The van der Waals surface area contributed by atoms with Crippen molar-refractivity contribution >= 4 is 6.01 Å². The molecular formula is C9H15N3O. The lowest BCUT2D eigenvalue weighted by Crippen LogP contribution is -2.21. The first-order chi connectivity index (χ1) is 6.34. The molecule has 1 fully saturated rings. The number of nitrogen functional groups attached to an aromatic ring is 1. The van der Waals surface area contributed by atoms with Crippen molar-refractivity contribution in [1.82, 2.24) is 9.88 Å². The maximum Gasteiger partial charge on any atom is 0.292 e. The maximum atomic E-state index is 5.37. The van der Waals surface area contributed by atoms with Crippen LogP contribution in [0.1, 0.15) is 18.6 Å². The highest BCUT2D eigenvalue weighted by atomic mass is 16.4. The minimum absolute atomic E-state index is 0.274. The predicted octanol–water partition coefficient (Wildman–Crippen LogP) is 0.895. The Balaban J connectivity index is 1.78. The molecule has 0 aromatic carbocycles. The van der Waals surface area contributed by atoms with Gasteiger partial charge < -0.3 is 15.1 Å². The van der Waals surface area contributed by atoms with E-state index in [0.29, 0.717) is 0 Å². The molecule has 13 heavy (non-hydrogen) atoms. The van der Waals surface area contributed by atoms with Gasteiger partial charge in [0.2, 0.25) is 0 Å². The third kappa shape index (κ3) is 2.21. The molecule has 1 aliphatic heterocycles. The number of likely N-dealkylation sites (tertiary alicyclic amines) is 1. The Morgan fingerprint density at radius 3 is 2.85 bits per heavy atom. The molecule has 2 heterocycles. The van der Waals surface area contributed by atoms with Gasteiger partial charge in [-0.05, 0) is 25.9 Å². The van der Waals surface area contributed by atoms with Gasteiger partial charge in [-0.1, -0.05) is 0 Å². The number of anilines is 1. The van der Waals surface area contributed by atoms with E-state index in [1.165, 1.54) is 25.9 Å². The van der Waals surface area contributed by atoms with Crippen molar-refractivity contribution in [3.8, 4) is 0 Å². The van der Waals surface area contributed by atoms with Gasteiger partial charge in [-0.3, -0.25) is 0 Å². The molecule has 0 radical (unpaired) electrons. The largest absolute Gasteiger partial charge is 0.429 e. The molecule has 2 N–H and O–H groups in total. The van der Waals surface area contributed by atoms with E-state index in [1.54, 1.807) is 6.20 Å². The minimum atomic E-state index is 0.274. The summed E-state index contributed by atoms with van der Waals surface area (Å²) in [5.41, 5.74) is 5.37. The Labute approximate surface area is 77.7 Å². The standard InChI is InChI=1S/C9H15N3O/c10-9-11-7-8(13-9)3-6-12-4-1-2-5-12/h7H,1-6H2,(H2,10,11). The Morgan fingerprint density at radius 2 is 2.23 bits per heavy atom. The zero-order valence-corrected chi connectivity index (χ0v) is 7.70. The molecule has 0 saturated carbocycles. The van der Waals surface area contributed by atoms with Gasteiger partial charge in [-0.2, -0.15) is 0 Å². The fourth-order valence-corrected chi connectivity index (χ4v) is 1.71. The number of nitrogens with zero attached hydrogens (tertiary/aromatic N) is 2. The van der Waals surface area contributed by atoms with Gasteiger partial charge in [0.15, 0.2) is 0 Å². The zero-order valence-electron chi connectivity index (χ0n) is 7.70. The van der Waals surface area contributed by atoms with Crippen molar-refractivity contribution in [3.63, 3.8) is 0 Å². The quantitative estimate of drug-likeness (QED) is 0.752. The molecule has 0 aliphatic carbocycles. The maximum absolute atomic E-state index is 5.37. The summed E-state index contributed by atoms with van der Waals surface area (Å²) in [6, 6.07) is 0.274. The number of oxazole rings is 1. The van der Waals surface area contributed by atoms with Gasteiger partial charge in [-0.25, -0.2) is 4.98 Å². The summed E-state index contributed by atoms with van der Waals surface area (Å²) >= 11 is 0. The molecule has 0 unspecified atom stereocenters. The summed E-state index contributed by atoms with van der Waals surface area (Å²) in [5, 5.41) is 0. The molecule has 0 bridgehead atoms. The second kappa shape index (κ2) is 3.79.